The fourth-order valence-electron chi connectivity index (χ4n) is 2.17. The maximum atomic E-state index is 11.5. The maximum Gasteiger partial charge on any atom is 0.153 e. The van der Waals surface area contributed by atoms with Crippen molar-refractivity contribution >= 4 is 9.84 Å². The summed E-state index contributed by atoms with van der Waals surface area (Å²) in [6.45, 7) is 0.620. The predicted molar refractivity (Wildman–Crippen MR) is 66.1 cm³/mol. The maximum absolute atomic E-state index is 11.5. The van der Waals surface area contributed by atoms with Gasteiger partial charge in [0, 0.05) is 24.8 Å². The van der Waals surface area contributed by atoms with Crippen LogP contribution < -0.4 is 5.73 Å². The Bertz CT molecular complexity index is 475. The normalized spacial score (nSPS) is 27.5. The Morgan fingerprint density at radius 3 is 2.76 bits per heavy atom. The van der Waals surface area contributed by atoms with Crippen LogP contribution in [0.3, 0.4) is 0 Å². The molecule has 1 saturated heterocycles. The molecule has 94 valence electrons. The highest BCUT2D eigenvalue weighted by Crippen LogP contribution is 2.17. The molecule has 0 spiro atoms. The molecule has 2 unspecified atom stereocenters. The number of rotatable bonds is 3. The van der Waals surface area contributed by atoms with Gasteiger partial charge in [-0.1, -0.05) is 6.07 Å². The van der Waals surface area contributed by atoms with E-state index in [0.717, 1.165) is 5.69 Å². The first-order chi connectivity index (χ1) is 7.98. The van der Waals surface area contributed by atoms with Crippen LogP contribution in [0.25, 0.3) is 0 Å². The van der Waals surface area contributed by atoms with Crippen LogP contribution in [-0.2, 0) is 16.4 Å². The van der Waals surface area contributed by atoms with Crippen molar-refractivity contribution in [2.24, 2.45) is 5.73 Å². The fourth-order valence-corrected chi connectivity index (χ4v) is 4.14. The lowest BCUT2D eigenvalue weighted by Gasteiger charge is -2.25. The minimum absolute atomic E-state index is 0.0875. The van der Waals surface area contributed by atoms with Gasteiger partial charge in [0.15, 0.2) is 9.84 Å². The zero-order chi connectivity index (χ0) is 12.5. The van der Waals surface area contributed by atoms with Crippen molar-refractivity contribution in [2.45, 2.75) is 18.6 Å². The van der Waals surface area contributed by atoms with Gasteiger partial charge in [-0.3, -0.25) is 9.88 Å². The standard InChI is InChI=1S/C11H17N3O2S/c1-14(6-9-4-2-3-5-13-9)11-8-17(15,16)7-10(11)12/h2-5,10-11H,6-8,12H2,1H3. The van der Waals surface area contributed by atoms with Gasteiger partial charge in [-0.05, 0) is 19.2 Å². The number of aromatic nitrogens is 1. The predicted octanol–water partition coefficient (Wildman–Crippen LogP) is -0.362. The molecule has 1 aromatic rings. The average molecular weight is 255 g/mol. The molecule has 6 heteroatoms. The zero-order valence-electron chi connectivity index (χ0n) is 9.78. The summed E-state index contributed by atoms with van der Waals surface area (Å²) in [7, 11) is -1.08. The summed E-state index contributed by atoms with van der Waals surface area (Å²) in [6.07, 6.45) is 1.73. The molecule has 2 heterocycles. The van der Waals surface area contributed by atoms with Crippen molar-refractivity contribution in [3.8, 4) is 0 Å². The van der Waals surface area contributed by atoms with Gasteiger partial charge in [-0.25, -0.2) is 8.42 Å². The Morgan fingerprint density at radius 2 is 2.24 bits per heavy atom. The summed E-state index contributed by atoms with van der Waals surface area (Å²) in [5.74, 6) is 0.238. The summed E-state index contributed by atoms with van der Waals surface area (Å²) >= 11 is 0. The highest BCUT2D eigenvalue weighted by Gasteiger charge is 2.37. The van der Waals surface area contributed by atoms with E-state index in [9.17, 15) is 8.42 Å². The molecule has 2 rings (SSSR count). The Balaban J connectivity index is 2.04. The molecule has 0 amide bonds. The summed E-state index contributed by atoms with van der Waals surface area (Å²) in [5.41, 5.74) is 6.79. The lowest BCUT2D eigenvalue weighted by molar-refractivity contribution is 0.233. The Hall–Kier alpha value is -0.980. The quantitative estimate of drug-likeness (QED) is 0.798. The van der Waals surface area contributed by atoms with Crippen molar-refractivity contribution < 1.29 is 8.42 Å². The topological polar surface area (TPSA) is 76.3 Å². The van der Waals surface area contributed by atoms with E-state index in [0.29, 0.717) is 6.54 Å². The van der Waals surface area contributed by atoms with E-state index in [1.807, 2.05) is 30.1 Å². The molecule has 0 aliphatic carbocycles. The minimum Gasteiger partial charge on any atom is -0.325 e. The smallest absolute Gasteiger partial charge is 0.153 e. The molecular formula is C11H17N3O2S. The Kier molecular flexibility index (Phi) is 3.46. The van der Waals surface area contributed by atoms with Gasteiger partial charge in [-0.15, -0.1) is 0 Å². The number of hydrogen-bond donors (Lipinski definition) is 1. The van der Waals surface area contributed by atoms with E-state index in [1.54, 1.807) is 6.20 Å². The Labute approximate surface area is 102 Å². The third kappa shape index (κ3) is 3.02. The molecule has 1 aliphatic heterocycles. The zero-order valence-corrected chi connectivity index (χ0v) is 10.6. The van der Waals surface area contributed by atoms with Gasteiger partial charge in [0.2, 0.25) is 0 Å². The number of likely N-dealkylation sites (N-methyl/N-ethyl adjacent to an activating group) is 1. The summed E-state index contributed by atoms with van der Waals surface area (Å²) < 4.78 is 23.0. The molecule has 2 N–H and O–H groups in total. The molecular weight excluding hydrogens is 238 g/mol. The van der Waals surface area contributed by atoms with E-state index in [1.165, 1.54) is 0 Å². The van der Waals surface area contributed by atoms with E-state index < -0.39 is 9.84 Å². The largest absolute Gasteiger partial charge is 0.325 e. The van der Waals surface area contributed by atoms with Gasteiger partial charge in [0.05, 0.1) is 17.2 Å². The van der Waals surface area contributed by atoms with Gasteiger partial charge in [0.25, 0.3) is 0 Å². The number of nitrogens with zero attached hydrogens (tertiary/aromatic N) is 2. The lowest BCUT2D eigenvalue weighted by Crippen LogP contribution is -2.44. The van der Waals surface area contributed by atoms with E-state index >= 15 is 0 Å². The van der Waals surface area contributed by atoms with Crippen molar-refractivity contribution in [1.82, 2.24) is 9.88 Å². The highest BCUT2D eigenvalue weighted by molar-refractivity contribution is 7.91. The SMILES string of the molecule is CN(Cc1ccccn1)C1CS(=O)(=O)CC1N. The molecule has 0 bridgehead atoms. The molecule has 17 heavy (non-hydrogen) atoms. The first kappa shape index (κ1) is 12.5. The molecule has 1 aromatic heterocycles. The molecule has 0 aromatic carbocycles. The second-order valence-corrected chi connectivity index (χ2v) is 6.70. The molecule has 1 aliphatic rings. The highest BCUT2D eigenvalue weighted by atomic mass is 32.2. The number of sulfone groups is 1. The van der Waals surface area contributed by atoms with Gasteiger partial charge < -0.3 is 5.73 Å². The minimum atomic E-state index is -2.97. The molecule has 0 radical (unpaired) electrons. The third-order valence-electron chi connectivity index (χ3n) is 3.07. The van der Waals surface area contributed by atoms with Gasteiger partial charge in [0.1, 0.15) is 0 Å². The third-order valence-corrected chi connectivity index (χ3v) is 4.81. The monoisotopic (exact) mass is 255 g/mol. The van der Waals surface area contributed by atoms with E-state index in [4.69, 9.17) is 5.73 Å². The molecule has 5 nitrogen and oxygen atoms in total. The Morgan fingerprint density at radius 1 is 1.47 bits per heavy atom. The van der Waals surface area contributed by atoms with Crippen LogP contribution in [-0.4, -0.2) is 48.9 Å². The second kappa shape index (κ2) is 4.72. The molecule has 1 fully saturated rings. The number of pyridine rings is 1. The van der Waals surface area contributed by atoms with Crippen LogP contribution in [0.4, 0.5) is 0 Å². The van der Waals surface area contributed by atoms with Crippen LogP contribution in [0.2, 0.25) is 0 Å². The molecule has 0 saturated carbocycles. The van der Waals surface area contributed by atoms with Gasteiger partial charge >= 0.3 is 0 Å². The summed E-state index contributed by atoms with van der Waals surface area (Å²) in [6, 6.07) is 5.29. The van der Waals surface area contributed by atoms with Crippen molar-refractivity contribution in [3.05, 3.63) is 30.1 Å². The first-order valence-corrected chi connectivity index (χ1v) is 7.36. The van der Waals surface area contributed by atoms with Crippen LogP contribution in [0.1, 0.15) is 5.69 Å². The second-order valence-electron chi connectivity index (χ2n) is 4.54. The van der Waals surface area contributed by atoms with Crippen LogP contribution in [0.5, 0.6) is 0 Å². The number of nitrogens with two attached hydrogens (primary N) is 1. The fraction of sp³-hybridized carbons (Fsp3) is 0.545. The molecule has 2 atom stereocenters. The summed E-state index contributed by atoms with van der Waals surface area (Å²) in [4.78, 5) is 6.19. The van der Waals surface area contributed by atoms with Gasteiger partial charge in [-0.2, -0.15) is 0 Å². The summed E-state index contributed by atoms with van der Waals surface area (Å²) in [5, 5.41) is 0. The first-order valence-electron chi connectivity index (χ1n) is 5.54. The number of hydrogen-bond acceptors (Lipinski definition) is 5. The average Bonchev–Trinajstić information content (AvgIpc) is 2.54. The van der Waals surface area contributed by atoms with Crippen molar-refractivity contribution in [2.75, 3.05) is 18.6 Å². The van der Waals surface area contributed by atoms with Crippen LogP contribution >= 0.6 is 0 Å². The van der Waals surface area contributed by atoms with Crippen LogP contribution in [0, 0.1) is 0 Å². The van der Waals surface area contributed by atoms with Crippen LogP contribution in [0.15, 0.2) is 24.4 Å². The van der Waals surface area contributed by atoms with Crippen molar-refractivity contribution in [3.63, 3.8) is 0 Å². The lowest BCUT2D eigenvalue weighted by atomic mass is 10.1. The van der Waals surface area contributed by atoms with Crippen molar-refractivity contribution in [1.29, 1.82) is 0 Å². The van der Waals surface area contributed by atoms with E-state index in [2.05, 4.69) is 4.98 Å². The van der Waals surface area contributed by atoms with E-state index in [-0.39, 0.29) is 23.6 Å².